The summed E-state index contributed by atoms with van der Waals surface area (Å²) >= 11 is 3.41. The van der Waals surface area contributed by atoms with Crippen molar-refractivity contribution in [3.8, 4) is 0 Å². The van der Waals surface area contributed by atoms with Crippen molar-refractivity contribution in [1.82, 2.24) is 0 Å². The summed E-state index contributed by atoms with van der Waals surface area (Å²) in [5, 5.41) is 1.05. The van der Waals surface area contributed by atoms with E-state index >= 15 is 0 Å². The molecule has 0 fully saturated rings. The molecule has 0 unspecified atom stereocenters. The standard InChI is InChI=1S/C21H31Br/c1-2-3-4-5-6-7-8-9-10-11-12-13-14-15-16-17-18-19-20-21-22/h3-4,6-7,9-10,12-13,15-16,18-19H,2,5,8,11,14,17,20-21H2,1H3/b4-3-,7-6-,10-9-,13-12-,16-15-,19-18-. The van der Waals surface area contributed by atoms with Crippen LogP contribution in [0.25, 0.3) is 0 Å². The maximum atomic E-state index is 3.41. The molecule has 0 rings (SSSR count). The van der Waals surface area contributed by atoms with Crippen LogP contribution in [-0.2, 0) is 0 Å². The molecule has 0 aliphatic heterocycles. The van der Waals surface area contributed by atoms with Crippen LogP contribution >= 0.6 is 15.9 Å². The van der Waals surface area contributed by atoms with E-state index in [0.29, 0.717) is 0 Å². The lowest BCUT2D eigenvalue weighted by molar-refractivity contribution is 1.19. The van der Waals surface area contributed by atoms with E-state index in [2.05, 4.69) is 95.8 Å². The second-order valence-corrected chi connectivity index (χ2v) is 5.69. The Kier molecular flexibility index (Phi) is 18.9. The van der Waals surface area contributed by atoms with Crippen LogP contribution in [0, 0.1) is 0 Å². The molecule has 0 heterocycles. The summed E-state index contributed by atoms with van der Waals surface area (Å²) in [4.78, 5) is 0. The molecule has 0 aliphatic rings. The van der Waals surface area contributed by atoms with Crippen LogP contribution in [0.5, 0.6) is 0 Å². The van der Waals surface area contributed by atoms with Crippen molar-refractivity contribution in [2.24, 2.45) is 0 Å². The second-order valence-electron chi connectivity index (χ2n) is 4.89. The van der Waals surface area contributed by atoms with Gasteiger partial charge in [0.2, 0.25) is 0 Å². The van der Waals surface area contributed by atoms with Gasteiger partial charge in [-0.3, -0.25) is 0 Å². The fourth-order valence-corrected chi connectivity index (χ4v) is 1.97. The first-order valence-electron chi connectivity index (χ1n) is 8.37. The maximum Gasteiger partial charge on any atom is 0.00659 e. The van der Waals surface area contributed by atoms with Gasteiger partial charge in [0, 0.05) is 5.33 Å². The van der Waals surface area contributed by atoms with Crippen LogP contribution in [0.1, 0.15) is 51.9 Å². The molecule has 0 aliphatic carbocycles. The van der Waals surface area contributed by atoms with Crippen LogP contribution in [0.15, 0.2) is 72.9 Å². The molecular weight excluding hydrogens is 332 g/mol. The van der Waals surface area contributed by atoms with Gasteiger partial charge in [-0.05, 0) is 44.9 Å². The zero-order valence-electron chi connectivity index (χ0n) is 14.0. The highest BCUT2D eigenvalue weighted by atomic mass is 79.9. The minimum absolute atomic E-state index is 1.03. The lowest BCUT2D eigenvalue weighted by Crippen LogP contribution is -1.66. The molecule has 22 heavy (non-hydrogen) atoms. The van der Waals surface area contributed by atoms with Gasteiger partial charge < -0.3 is 0 Å². The number of rotatable bonds is 13. The summed E-state index contributed by atoms with van der Waals surface area (Å²) in [6, 6.07) is 0. The van der Waals surface area contributed by atoms with E-state index < -0.39 is 0 Å². The summed E-state index contributed by atoms with van der Waals surface area (Å²) in [6.45, 7) is 2.16. The Balaban J connectivity index is 3.48. The van der Waals surface area contributed by atoms with Crippen LogP contribution in [0.2, 0.25) is 0 Å². The van der Waals surface area contributed by atoms with Gasteiger partial charge in [-0.25, -0.2) is 0 Å². The fraction of sp³-hybridized carbons (Fsp3) is 0.429. The smallest absolute Gasteiger partial charge is 0.00659 e. The molecule has 0 aromatic heterocycles. The first kappa shape index (κ1) is 20.9. The summed E-state index contributed by atoms with van der Waals surface area (Å²) < 4.78 is 0. The van der Waals surface area contributed by atoms with Crippen LogP contribution in [0.3, 0.4) is 0 Å². The molecule has 0 amide bonds. The number of hydrogen-bond acceptors (Lipinski definition) is 0. The molecule has 0 spiro atoms. The Morgan fingerprint density at radius 1 is 0.500 bits per heavy atom. The summed E-state index contributed by atoms with van der Waals surface area (Å²) in [5.74, 6) is 0. The molecule has 0 bridgehead atoms. The third kappa shape index (κ3) is 18.9. The number of halogens is 1. The summed E-state index contributed by atoms with van der Waals surface area (Å²) in [7, 11) is 0. The van der Waals surface area contributed by atoms with Gasteiger partial charge in [0.15, 0.2) is 0 Å². The van der Waals surface area contributed by atoms with Gasteiger partial charge in [-0.1, -0.05) is 95.8 Å². The van der Waals surface area contributed by atoms with E-state index in [-0.39, 0.29) is 0 Å². The van der Waals surface area contributed by atoms with E-state index in [0.717, 1.165) is 50.3 Å². The van der Waals surface area contributed by atoms with Crippen molar-refractivity contribution in [2.45, 2.75) is 51.9 Å². The topological polar surface area (TPSA) is 0 Å². The monoisotopic (exact) mass is 362 g/mol. The minimum atomic E-state index is 1.03. The third-order valence-electron chi connectivity index (χ3n) is 2.87. The van der Waals surface area contributed by atoms with Crippen molar-refractivity contribution in [2.75, 3.05) is 5.33 Å². The van der Waals surface area contributed by atoms with Gasteiger partial charge in [0.25, 0.3) is 0 Å². The molecule has 0 atom stereocenters. The Bertz CT molecular complexity index is 381. The van der Waals surface area contributed by atoms with Gasteiger partial charge in [0.1, 0.15) is 0 Å². The first-order chi connectivity index (χ1) is 10.9. The normalized spacial score (nSPS) is 13.4. The van der Waals surface area contributed by atoms with Crippen molar-refractivity contribution in [1.29, 1.82) is 0 Å². The number of hydrogen-bond donors (Lipinski definition) is 0. The van der Waals surface area contributed by atoms with Crippen molar-refractivity contribution in [3.63, 3.8) is 0 Å². The van der Waals surface area contributed by atoms with Crippen molar-refractivity contribution < 1.29 is 0 Å². The minimum Gasteiger partial charge on any atom is -0.0925 e. The van der Waals surface area contributed by atoms with E-state index in [1.165, 1.54) is 0 Å². The predicted octanol–water partition coefficient (Wildman–Crippen LogP) is 7.47. The molecule has 0 nitrogen and oxygen atoms in total. The van der Waals surface area contributed by atoms with Crippen LogP contribution in [0.4, 0.5) is 0 Å². The molecule has 0 saturated carbocycles. The van der Waals surface area contributed by atoms with Crippen LogP contribution in [-0.4, -0.2) is 5.33 Å². The zero-order valence-corrected chi connectivity index (χ0v) is 15.5. The first-order valence-corrected chi connectivity index (χ1v) is 9.49. The quantitative estimate of drug-likeness (QED) is 0.235. The van der Waals surface area contributed by atoms with Gasteiger partial charge in [-0.15, -0.1) is 0 Å². The van der Waals surface area contributed by atoms with E-state index in [4.69, 9.17) is 0 Å². The molecule has 122 valence electrons. The average Bonchev–Trinajstić information content (AvgIpc) is 2.54. The van der Waals surface area contributed by atoms with E-state index in [1.807, 2.05) is 0 Å². The second kappa shape index (κ2) is 19.9. The highest BCUT2D eigenvalue weighted by molar-refractivity contribution is 9.09. The number of allylic oxidation sites excluding steroid dienone is 12. The molecule has 0 saturated heterocycles. The summed E-state index contributed by atoms with van der Waals surface area (Å²) in [6.07, 6.45) is 34.1. The SMILES string of the molecule is CC/C=C\C/C=C\C/C=C\C/C=C\C/C=C\C/C=C\CCBr. The van der Waals surface area contributed by atoms with E-state index in [1.54, 1.807) is 0 Å². The Labute approximate surface area is 146 Å². The Morgan fingerprint density at radius 3 is 1.14 bits per heavy atom. The van der Waals surface area contributed by atoms with E-state index in [9.17, 15) is 0 Å². The number of alkyl halides is 1. The zero-order chi connectivity index (χ0) is 16.1. The molecule has 0 aromatic carbocycles. The van der Waals surface area contributed by atoms with Gasteiger partial charge in [0.05, 0.1) is 0 Å². The fourth-order valence-electron chi connectivity index (χ4n) is 1.70. The van der Waals surface area contributed by atoms with Crippen molar-refractivity contribution >= 4 is 15.9 Å². The van der Waals surface area contributed by atoms with Gasteiger partial charge >= 0.3 is 0 Å². The molecule has 1 heteroatoms. The molecule has 0 N–H and O–H groups in total. The highest BCUT2D eigenvalue weighted by Crippen LogP contribution is 1.97. The highest BCUT2D eigenvalue weighted by Gasteiger charge is 1.76. The molecule has 0 radical (unpaired) electrons. The Morgan fingerprint density at radius 2 is 0.818 bits per heavy atom. The molecule has 0 aromatic rings. The predicted molar refractivity (Wildman–Crippen MR) is 107 cm³/mol. The maximum absolute atomic E-state index is 3.41. The van der Waals surface area contributed by atoms with Crippen LogP contribution < -0.4 is 0 Å². The average molecular weight is 363 g/mol. The summed E-state index contributed by atoms with van der Waals surface area (Å²) in [5.41, 5.74) is 0. The third-order valence-corrected chi connectivity index (χ3v) is 3.33. The molecular formula is C21H31Br. The largest absolute Gasteiger partial charge is 0.0925 e. The lowest BCUT2D eigenvalue weighted by atomic mass is 10.2. The van der Waals surface area contributed by atoms with Gasteiger partial charge in [-0.2, -0.15) is 0 Å². The Hall–Kier alpha value is -1.08. The van der Waals surface area contributed by atoms with Crippen molar-refractivity contribution in [3.05, 3.63) is 72.9 Å². The lowest BCUT2D eigenvalue weighted by Gasteiger charge is -1.86.